The predicted molar refractivity (Wildman–Crippen MR) is 224 cm³/mol. The molecule has 0 aromatic carbocycles. The molecule has 0 aromatic heterocycles. The molecule has 0 amide bonds. The Balaban J connectivity index is 3.59. The van der Waals surface area contributed by atoms with E-state index in [2.05, 4.69) is 62.5 Å². The van der Waals surface area contributed by atoms with Gasteiger partial charge in [0.1, 0.15) is 6.61 Å². The number of unbranched alkanes of at least 4 members (excludes halogenated alkanes) is 24. The third-order valence-corrected chi connectivity index (χ3v) is 9.57. The summed E-state index contributed by atoms with van der Waals surface area (Å²) in [4.78, 5) is 24.3. The summed E-state index contributed by atoms with van der Waals surface area (Å²) in [5, 5.41) is 9.57. The van der Waals surface area contributed by atoms with Gasteiger partial charge in [-0.2, -0.15) is 0 Å². The number of esters is 2. The van der Waals surface area contributed by atoms with Crippen LogP contribution < -0.4 is 0 Å². The van der Waals surface area contributed by atoms with E-state index in [1.807, 2.05) is 0 Å². The van der Waals surface area contributed by atoms with Gasteiger partial charge < -0.3 is 14.6 Å². The van der Waals surface area contributed by atoms with E-state index in [0.29, 0.717) is 12.8 Å². The highest BCUT2D eigenvalue weighted by Crippen LogP contribution is 2.14. The van der Waals surface area contributed by atoms with E-state index >= 15 is 0 Å². The molecule has 0 aliphatic heterocycles. The number of ether oxygens (including phenoxy) is 2. The Morgan fingerprint density at radius 1 is 0.442 bits per heavy atom. The summed E-state index contributed by atoms with van der Waals surface area (Å²) in [6.07, 6.45) is 54.8. The molecule has 0 unspecified atom stereocenters. The molecule has 0 aliphatic carbocycles. The van der Waals surface area contributed by atoms with Gasteiger partial charge in [-0.05, 0) is 77.0 Å². The van der Waals surface area contributed by atoms with Gasteiger partial charge >= 0.3 is 11.9 Å². The monoisotopic (exact) mass is 729 g/mol. The third kappa shape index (κ3) is 40.6. The molecule has 52 heavy (non-hydrogen) atoms. The zero-order chi connectivity index (χ0) is 37.8. The first kappa shape index (κ1) is 49.9. The minimum absolute atomic E-state index is 0.0925. The molecule has 5 nitrogen and oxygen atoms in total. The SMILES string of the molecule is CCCCC/C=C/C/C=C/CCCCCCCC(=O)O[C@@H](CO)COC(=O)CCC/C=C/CC/C=C/CCCCCCCCCCCCCCCC. The molecule has 0 saturated heterocycles. The molecule has 0 rings (SSSR count). The number of aliphatic hydroxyl groups is 1. The van der Waals surface area contributed by atoms with Crippen LogP contribution >= 0.6 is 0 Å². The number of allylic oxidation sites excluding steroid dienone is 8. The third-order valence-electron chi connectivity index (χ3n) is 9.57. The Morgan fingerprint density at radius 2 is 0.808 bits per heavy atom. The molecule has 0 saturated carbocycles. The average molecular weight is 729 g/mol. The van der Waals surface area contributed by atoms with E-state index in [9.17, 15) is 14.7 Å². The fourth-order valence-electron chi connectivity index (χ4n) is 6.19. The number of aliphatic hydroxyl groups excluding tert-OH is 1. The second-order valence-electron chi connectivity index (χ2n) is 14.8. The van der Waals surface area contributed by atoms with E-state index < -0.39 is 6.10 Å². The first-order valence-electron chi connectivity index (χ1n) is 22.2. The molecule has 0 bridgehead atoms. The van der Waals surface area contributed by atoms with Crippen molar-refractivity contribution < 1.29 is 24.2 Å². The lowest BCUT2D eigenvalue weighted by atomic mass is 10.0. The number of rotatable bonds is 40. The molecule has 0 spiro atoms. The molecular formula is C47H84O5. The van der Waals surface area contributed by atoms with Crippen molar-refractivity contribution in [2.75, 3.05) is 13.2 Å². The quantitative estimate of drug-likeness (QED) is 0.0386. The van der Waals surface area contributed by atoms with Crippen LogP contribution in [0.5, 0.6) is 0 Å². The maximum absolute atomic E-state index is 12.2. The Morgan fingerprint density at radius 3 is 1.31 bits per heavy atom. The van der Waals surface area contributed by atoms with Crippen LogP contribution in [0.25, 0.3) is 0 Å². The molecule has 0 radical (unpaired) electrons. The van der Waals surface area contributed by atoms with Gasteiger partial charge in [-0.1, -0.05) is 178 Å². The Hall–Kier alpha value is -2.14. The van der Waals surface area contributed by atoms with Gasteiger partial charge in [-0.15, -0.1) is 0 Å². The van der Waals surface area contributed by atoms with Crippen LogP contribution in [0.4, 0.5) is 0 Å². The maximum Gasteiger partial charge on any atom is 0.306 e. The second-order valence-corrected chi connectivity index (χ2v) is 14.8. The number of carbonyl (C=O) groups is 2. The van der Waals surface area contributed by atoms with Crippen molar-refractivity contribution in [1.29, 1.82) is 0 Å². The minimum atomic E-state index is -0.795. The molecule has 1 N–H and O–H groups in total. The fourth-order valence-corrected chi connectivity index (χ4v) is 6.19. The van der Waals surface area contributed by atoms with E-state index in [-0.39, 0.29) is 25.2 Å². The van der Waals surface area contributed by atoms with E-state index in [1.54, 1.807) is 0 Å². The number of hydrogen-bond acceptors (Lipinski definition) is 5. The molecule has 0 aliphatic rings. The van der Waals surface area contributed by atoms with Gasteiger partial charge in [0.2, 0.25) is 0 Å². The van der Waals surface area contributed by atoms with Gasteiger partial charge in [0.05, 0.1) is 6.61 Å². The summed E-state index contributed by atoms with van der Waals surface area (Å²) >= 11 is 0. The molecule has 302 valence electrons. The molecule has 0 fully saturated rings. The summed E-state index contributed by atoms with van der Waals surface area (Å²) < 4.78 is 10.6. The highest BCUT2D eigenvalue weighted by molar-refractivity contribution is 5.70. The topological polar surface area (TPSA) is 72.8 Å². The highest BCUT2D eigenvalue weighted by atomic mass is 16.6. The van der Waals surface area contributed by atoms with Crippen molar-refractivity contribution in [2.45, 2.75) is 225 Å². The highest BCUT2D eigenvalue weighted by Gasteiger charge is 2.16. The van der Waals surface area contributed by atoms with Crippen LogP contribution in [-0.2, 0) is 19.1 Å². The second kappa shape index (κ2) is 43.3. The summed E-state index contributed by atoms with van der Waals surface area (Å²) in [5.74, 6) is -0.654. The molecule has 1 atom stereocenters. The van der Waals surface area contributed by atoms with E-state index in [0.717, 1.165) is 64.2 Å². The number of carbonyl (C=O) groups excluding carboxylic acids is 2. The first-order valence-corrected chi connectivity index (χ1v) is 22.2. The largest absolute Gasteiger partial charge is 0.462 e. The van der Waals surface area contributed by atoms with E-state index in [1.165, 1.54) is 128 Å². The van der Waals surface area contributed by atoms with Crippen LogP contribution in [-0.4, -0.2) is 36.4 Å². The van der Waals surface area contributed by atoms with Gasteiger partial charge in [-0.25, -0.2) is 0 Å². The Labute approximate surface area is 322 Å². The summed E-state index contributed by atoms with van der Waals surface area (Å²) in [6.45, 7) is 4.08. The molecule has 0 aromatic rings. The summed E-state index contributed by atoms with van der Waals surface area (Å²) in [6, 6.07) is 0. The van der Waals surface area contributed by atoms with Gasteiger partial charge in [-0.3, -0.25) is 9.59 Å². The molecule has 0 heterocycles. The normalized spacial score (nSPS) is 12.6. The van der Waals surface area contributed by atoms with Crippen molar-refractivity contribution in [3.8, 4) is 0 Å². The summed E-state index contributed by atoms with van der Waals surface area (Å²) in [5.41, 5.74) is 0. The van der Waals surface area contributed by atoms with Crippen LogP contribution in [0, 0.1) is 0 Å². The smallest absolute Gasteiger partial charge is 0.306 e. The van der Waals surface area contributed by atoms with Crippen molar-refractivity contribution in [3.05, 3.63) is 48.6 Å². The van der Waals surface area contributed by atoms with Gasteiger partial charge in [0.25, 0.3) is 0 Å². The van der Waals surface area contributed by atoms with Crippen molar-refractivity contribution in [1.82, 2.24) is 0 Å². The van der Waals surface area contributed by atoms with Gasteiger partial charge in [0.15, 0.2) is 6.10 Å². The molecular weight excluding hydrogens is 645 g/mol. The summed E-state index contributed by atoms with van der Waals surface area (Å²) in [7, 11) is 0. The lowest BCUT2D eigenvalue weighted by Crippen LogP contribution is -2.28. The van der Waals surface area contributed by atoms with Crippen LogP contribution in [0.2, 0.25) is 0 Å². The lowest BCUT2D eigenvalue weighted by molar-refractivity contribution is -0.161. The number of hydrogen-bond donors (Lipinski definition) is 1. The van der Waals surface area contributed by atoms with Crippen LogP contribution in [0.3, 0.4) is 0 Å². The lowest BCUT2D eigenvalue weighted by Gasteiger charge is -2.15. The minimum Gasteiger partial charge on any atom is -0.462 e. The zero-order valence-electron chi connectivity index (χ0n) is 34.3. The van der Waals surface area contributed by atoms with Crippen molar-refractivity contribution in [3.63, 3.8) is 0 Å². The Kier molecular flexibility index (Phi) is 41.5. The van der Waals surface area contributed by atoms with Crippen molar-refractivity contribution in [2.24, 2.45) is 0 Å². The fraction of sp³-hybridized carbons (Fsp3) is 0.787. The molecule has 5 heteroatoms. The van der Waals surface area contributed by atoms with Crippen molar-refractivity contribution >= 4 is 11.9 Å². The predicted octanol–water partition coefficient (Wildman–Crippen LogP) is 14.2. The maximum atomic E-state index is 12.2. The first-order chi connectivity index (χ1) is 25.6. The van der Waals surface area contributed by atoms with E-state index in [4.69, 9.17) is 9.47 Å². The van der Waals surface area contributed by atoms with Crippen LogP contribution in [0.15, 0.2) is 48.6 Å². The van der Waals surface area contributed by atoms with Crippen LogP contribution in [0.1, 0.15) is 219 Å². The zero-order valence-corrected chi connectivity index (χ0v) is 34.3. The standard InChI is InChI=1S/C47H84O5/c1-3-5-7-9-11-13-15-17-19-20-21-22-23-24-25-26-28-29-31-33-35-37-39-41-46(49)51-44-45(43-48)52-47(50)42-40-38-36-34-32-30-27-18-16-14-12-10-8-6-4-2/h12,14,18,26-28,33,35,45,48H,3-11,13,15-17,19-25,29-32,34,36-44H2,1-2H3/b14-12+,27-18+,28-26+,35-33+/t45-/m0/s1. The Bertz CT molecular complexity index is 873. The average Bonchev–Trinajstić information content (AvgIpc) is 3.15. The van der Waals surface area contributed by atoms with Gasteiger partial charge in [0, 0.05) is 12.8 Å².